The van der Waals surface area contributed by atoms with Crippen molar-refractivity contribution < 1.29 is 13.2 Å². The molecule has 0 bridgehead atoms. The Morgan fingerprint density at radius 3 is 2.70 bits per heavy atom. The Morgan fingerprint density at radius 1 is 1.13 bits per heavy atom. The summed E-state index contributed by atoms with van der Waals surface area (Å²) >= 11 is 0. The van der Waals surface area contributed by atoms with Crippen LogP contribution < -0.4 is 10.0 Å². The average molecular weight is 330 g/mol. The number of carbonyl (C=O) groups excluding carboxylic acids is 1. The maximum Gasteiger partial charge on any atom is 0.241 e. The lowest BCUT2D eigenvalue weighted by Gasteiger charge is -2.17. The van der Waals surface area contributed by atoms with Gasteiger partial charge in [-0.25, -0.2) is 13.1 Å². The Balaban J connectivity index is 1.76. The average Bonchev–Trinajstić information content (AvgIpc) is 2.53. The molecule has 3 rings (SSSR count). The van der Waals surface area contributed by atoms with Gasteiger partial charge in [0.2, 0.25) is 15.9 Å². The van der Waals surface area contributed by atoms with Crippen LogP contribution >= 0.6 is 0 Å². The molecule has 1 heterocycles. The summed E-state index contributed by atoms with van der Waals surface area (Å²) in [5, 5.41) is 2.82. The van der Waals surface area contributed by atoms with Crippen LogP contribution in [-0.2, 0) is 27.8 Å². The van der Waals surface area contributed by atoms with E-state index in [1.54, 1.807) is 25.1 Å². The molecule has 0 radical (unpaired) electrons. The lowest BCUT2D eigenvalue weighted by Crippen LogP contribution is -2.24. The van der Waals surface area contributed by atoms with Crippen LogP contribution in [0.5, 0.6) is 0 Å². The molecule has 1 aliphatic heterocycles. The molecule has 23 heavy (non-hydrogen) atoms. The molecule has 0 aromatic heterocycles. The number of amides is 1. The molecule has 2 N–H and O–H groups in total. The third-order valence-corrected chi connectivity index (χ3v) is 5.48. The van der Waals surface area contributed by atoms with E-state index in [1.807, 2.05) is 24.3 Å². The lowest BCUT2D eigenvalue weighted by molar-refractivity contribution is -0.116. The normalized spacial score (nSPS) is 14.2. The number of carbonyl (C=O) groups is 1. The first-order chi connectivity index (χ1) is 11.0. The number of hydrogen-bond acceptors (Lipinski definition) is 3. The zero-order valence-corrected chi connectivity index (χ0v) is 13.6. The third-order valence-electron chi connectivity index (χ3n) is 3.91. The SMILES string of the molecule is Cc1ccccc1S(=O)(=O)NCc1ccc2c(c1)CCC(=O)N2. The van der Waals surface area contributed by atoms with Crippen LogP contribution in [0.2, 0.25) is 0 Å². The molecule has 0 saturated heterocycles. The van der Waals surface area contributed by atoms with Crippen LogP contribution in [-0.4, -0.2) is 14.3 Å². The maximum absolute atomic E-state index is 12.4. The van der Waals surface area contributed by atoms with Gasteiger partial charge >= 0.3 is 0 Å². The number of anilines is 1. The van der Waals surface area contributed by atoms with Gasteiger partial charge in [-0.05, 0) is 42.2 Å². The van der Waals surface area contributed by atoms with E-state index in [2.05, 4.69) is 10.0 Å². The van der Waals surface area contributed by atoms with Gasteiger partial charge in [0.25, 0.3) is 0 Å². The van der Waals surface area contributed by atoms with E-state index in [-0.39, 0.29) is 12.5 Å². The molecule has 2 aromatic rings. The Labute approximate surface area is 135 Å². The van der Waals surface area contributed by atoms with Gasteiger partial charge in [0, 0.05) is 18.7 Å². The van der Waals surface area contributed by atoms with Crippen LogP contribution in [0.15, 0.2) is 47.4 Å². The zero-order chi connectivity index (χ0) is 16.4. The van der Waals surface area contributed by atoms with Gasteiger partial charge in [-0.15, -0.1) is 0 Å². The summed E-state index contributed by atoms with van der Waals surface area (Å²) < 4.78 is 27.4. The van der Waals surface area contributed by atoms with E-state index in [0.717, 1.165) is 16.8 Å². The highest BCUT2D eigenvalue weighted by molar-refractivity contribution is 7.89. The summed E-state index contributed by atoms with van der Waals surface area (Å²) in [5.74, 6) is 0.0190. The van der Waals surface area contributed by atoms with Crippen molar-refractivity contribution in [2.75, 3.05) is 5.32 Å². The Hall–Kier alpha value is -2.18. The molecular weight excluding hydrogens is 312 g/mol. The number of aryl methyl sites for hydroxylation is 2. The monoisotopic (exact) mass is 330 g/mol. The predicted molar refractivity (Wildman–Crippen MR) is 88.6 cm³/mol. The van der Waals surface area contributed by atoms with Crippen LogP contribution in [0.4, 0.5) is 5.69 Å². The summed E-state index contributed by atoms with van der Waals surface area (Å²) in [6.45, 7) is 1.99. The van der Waals surface area contributed by atoms with Crippen LogP contribution in [0.3, 0.4) is 0 Å². The van der Waals surface area contributed by atoms with Gasteiger partial charge in [-0.3, -0.25) is 4.79 Å². The number of hydrogen-bond donors (Lipinski definition) is 2. The van der Waals surface area contributed by atoms with Crippen molar-refractivity contribution in [3.63, 3.8) is 0 Å². The van der Waals surface area contributed by atoms with E-state index in [9.17, 15) is 13.2 Å². The summed E-state index contributed by atoms with van der Waals surface area (Å²) in [6.07, 6.45) is 1.14. The lowest BCUT2D eigenvalue weighted by atomic mass is 10.0. The molecule has 1 aliphatic rings. The van der Waals surface area contributed by atoms with E-state index >= 15 is 0 Å². The van der Waals surface area contributed by atoms with Gasteiger partial charge in [-0.1, -0.05) is 30.3 Å². The maximum atomic E-state index is 12.4. The van der Waals surface area contributed by atoms with E-state index in [1.165, 1.54) is 0 Å². The van der Waals surface area contributed by atoms with Crippen molar-refractivity contribution in [3.8, 4) is 0 Å². The smallest absolute Gasteiger partial charge is 0.241 e. The highest BCUT2D eigenvalue weighted by Crippen LogP contribution is 2.24. The van der Waals surface area contributed by atoms with Gasteiger partial charge < -0.3 is 5.32 Å². The van der Waals surface area contributed by atoms with Gasteiger partial charge in [0.05, 0.1) is 4.90 Å². The molecule has 0 saturated carbocycles. The Bertz CT molecular complexity index is 860. The van der Waals surface area contributed by atoms with Crippen LogP contribution in [0, 0.1) is 6.92 Å². The molecular formula is C17H18N2O3S. The highest BCUT2D eigenvalue weighted by atomic mass is 32.2. The molecule has 0 aliphatic carbocycles. The second-order valence-electron chi connectivity index (χ2n) is 5.63. The second kappa shape index (κ2) is 6.14. The van der Waals surface area contributed by atoms with Gasteiger partial charge in [-0.2, -0.15) is 0 Å². The fraction of sp³-hybridized carbons (Fsp3) is 0.235. The molecule has 6 heteroatoms. The summed E-state index contributed by atoms with van der Waals surface area (Å²) in [6, 6.07) is 12.5. The molecule has 1 amide bonds. The molecule has 0 atom stereocenters. The minimum atomic E-state index is -3.54. The standard InChI is InChI=1S/C17H18N2O3S/c1-12-4-2-3-5-16(12)23(21,22)18-11-13-6-8-15-14(10-13)7-9-17(20)19-15/h2-6,8,10,18H,7,9,11H2,1H3,(H,19,20). The van der Waals surface area contributed by atoms with Crippen molar-refractivity contribution in [1.82, 2.24) is 4.72 Å². The van der Waals surface area contributed by atoms with Crippen molar-refractivity contribution in [3.05, 3.63) is 59.2 Å². The highest BCUT2D eigenvalue weighted by Gasteiger charge is 2.17. The Morgan fingerprint density at radius 2 is 1.91 bits per heavy atom. The largest absolute Gasteiger partial charge is 0.326 e. The number of benzene rings is 2. The first-order valence-electron chi connectivity index (χ1n) is 7.43. The fourth-order valence-corrected chi connectivity index (χ4v) is 3.92. The molecule has 2 aromatic carbocycles. The predicted octanol–water partition coefficient (Wildman–Crippen LogP) is 2.36. The first kappa shape index (κ1) is 15.7. The van der Waals surface area contributed by atoms with Crippen molar-refractivity contribution in [2.24, 2.45) is 0 Å². The van der Waals surface area contributed by atoms with Crippen LogP contribution in [0.1, 0.15) is 23.1 Å². The minimum Gasteiger partial charge on any atom is -0.326 e. The van der Waals surface area contributed by atoms with E-state index in [0.29, 0.717) is 23.3 Å². The zero-order valence-electron chi connectivity index (χ0n) is 12.8. The number of fused-ring (bicyclic) bond motifs is 1. The number of sulfonamides is 1. The van der Waals surface area contributed by atoms with Crippen molar-refractivity contribution >= 4 is 21.6 Å². The van der Waals surface area contributed by atoms with Gasteiger partial charge in [0.15, 0.2) is 0 Å². The third kappa shape index (κ3) is 3.43. The molecule has 0 spiro atoms. The van der Waals surface area contributed by atoms with E-state index < -0.39 is 10.0 Å². The Kier molecular flexibility index (Phi) is 4.19. The van der Waals surface area contributed by atoms with Crippen molar-refractivity contribution in [2.45, 2.75) is 31.2 Å². The van der Waals surface area contributed by atoms with Gasteiger partial charge in [0.1, 0.15) is 0 Å². The topological polar surface area (TPSA) is 75.3 Å². The second-order valence-corrected chi connectivity index (χ2v) is 7.37. The summed E-state index contributed by atoms with van der Waals surface area (Å²) in [4.78, 5) is 11.7. The molecule has 120 valence electrons. The fourth-order valence-electron chi connectivity index (χ4n) is 2.66. The summed E-state index contributed by atoms with van der Waals surface area (Å²) in [5.41, 5.74) is 3.44. The quantitative estimate of drug-likeness (QED) is 0.903. The number of nitrogens with one attached hydrogen (secondary N) is 2. The van der Waals surface area contributed by atoms with Crippen LogP contribution in [0.25, 0.3) is 0 Å². The number of rotatable bonds is 4. The molecule has 0 fully saturated rings. The minimum absolute atomic E-state index is 0.0190. The molecule has 5 nitrogen and oxygen atoms in total. The first-order valence-corrected chi connectivity index (χ1v) is 8.91. The summed E-state index contributed by atoms with van der Waals surface area (Å²) in [7, 11) is -3.54. The van der Waals surface area contributed by atoms with E-state index in [4.69, 9.17) is 0 Å². The van der Waals surface area contributed by atoms with Crippen molar-refractivity contribution in [1.29, 1.82) is 0 Å². The molecule has 0 unspecified atom stereocenters.